The summed E-state index contributed by atoms with van der Waals surface area (Å²) in [5.41, 5.74) is 9.32. The molecule has 1 unspecified atom stereocenters. The Kier molecular flexibility index (Phi) is 5.03. The predicted molar refractivity (Wildman–Crippen MR) is 99.5 cm³/mol. The molecule has 0 spiro atoms. The van der Waals surface area contributed by atoms with Crippen LogP contribution < -0.4 is 16.0 Å². The fourth-order valence-electron chi connectivity index (χ4n) is 3.23. The Bertz CT molecular complexity index is 774. The van der Waals surface area contributed by atoms with E-state index in [1.54, 1.807) is 17.0 Å². The summed E-state index contributed by atoms with van der Waals surface area (Å²) in [6.07, 6.45) is 2.05. The average Bonchev–Trinajstić information content (AvgIpc) is 2.62. The Morgan fingerprint density at radius 3 is 2.68 bits per heavy atom. The van der Waals surface area contributed by atoms with Crippen LogP contribution in [0, 0.1) is 0 Å². The van der Waals surface area contributed by atoms with Crippen LogP contribution >= 0.6 is 0 Å². The van der Waals surface area contributed by atoms with E-state index in [4.69, 9.17) is 5.73 Å². The summed E-state index contributed by atoms with van der Waals surface area (Å²) >= 11 is 0. The first-order valence-corrected chi connectivity index (χ1v) is 8.60. The molecule has 2 amide bonds. The van der Waals surface area contributed by atoms with Gasteiger partial charge in [0, 0.05) is 35.9 Å². The van der Waals surface area contributed by atoms with Gasteiger partial charge in [-0.1, -0.05) is 24.3 Å². The molecule has 0 aliphatic carbocycles. The van der Waals surface area contributed by atoms with Gasteiger partial charge in [-0.15, -0.1) is 0 Å². The van der Waals surface area contributed by atoms with E-state index in [2.05, 4.69) is 5.32 Å². The number of amides is 2. The second-order valence-electron chi connectivity index (χ2n) is 6.44. The minimum Gasteiger partial charge on any atom is -0.398 e. The minimum absolute atomic E-state index is 0.00686. The van der Waals surface area contributed by atoms with Crippen molar-refractivity contribution in [2.75, 3.05) is 17.2 Å². The zero-order valence-electron chi connectivity index (χ0n) is 14.4. The van der Waals surface area contributed by atoms with Crippen molar-refractivity contribution in [1.29, 1.82) is 0 Å². The van der Waals surface area contributed by atoms with Gasteiger partial charge in [0.25, 0.3) is 5.91 Å². The molecule has 0 bridgehead atoms. The number of rotatable bonds is 4. The zero-order valence-corrected chi connectivity index (χ0v) is 14.4. The lowest BCUT2D eigenvalue weighted by atomic mass is 9.99. The first-order chi connectivity index (χ1) is 12.1. The van der Waals surface area contributed by atoms with Crippen LogP contribution in [0.2, 0.25) is 0 Å². The fourth-order valence-corrected chi connectivity index (χ4v) is 3.23. The largest absolute Gasteiger partial charge is 0.398 e. The first kappa shape index (κ1) is 17.0. The zero-order chi connectivity index (χ0) is 17.8. The molecule has 2 aromatic rings. The average molecular weight is 337 g/mol. The molecule has 0 aromatic heterocycles. The van der Waals surface area contributed by atoms with Gasteiger partial charge < -0.3 is 16.0 Å². The quantitative estimate of drug-likeness (QED) is 0.842. The van der Waals surface area contributed by atoms with E-state index in [9.17, 15) is 9.59 Å². The molecule has 0 saturated heterocycles. The highest BCUT2D eigenvalue weighted by atomic mass is 16.2. The van der Waals surface area contributed by atoms with Gasteiger partial charge in [-0.2, -0.15) is 0 Å². The van der Waals surface area contributed by atoms with Crippen molar-refractivity contribution in [2.24, 2.45) is 0 Å². The van der Waals surface area contributed by atoms with Gasteiger partial charge in [-0.25, -0.2) is 0 Å². The maximum atomic E-state index is 12.7. The second-order valence-corrected chi connectivity index (χ2v) is 6.44. The Morgan fingerprint density at radius 1 is 1.16 bits per heavy atom. The van der Waals surface area contributed by atoms with Gasteiger partial charge in [0.2, 0.25) is 5.91 Å². The van der Waals surface area contributed by atoms with Gasteiger partial charge >= 0.3 is 0 Å². The number of benzene rings is 2. The topological polar surface area (TPSA) is 75.4 Å². The maximum Gasteiger partial charge on any atom is 0.251 e. The van der Waals surface area contributed by atoms with Crippen molar-refractivity contribution in [2.45, 2.75) is 32.2 Å². The van der Waals surface area contributed by atoms with Crippen LogP contribution in [0.25, 0.3) is 0 Å². The summed E-state index contributed by atoms with van der Waals surface area (Å²) in [6.45, 7) is 2.54. The summed E-state index contributed by atoms with van der Waals surface area (Å²) in [6, 6.07) is 14.5. The molecule has 25 heavy (non-hydrogen) atoms. The van der Waals surface area contributed by atoms with E-state index in [0.717, 1.165) is 29.8 Å². The minimum atomic E-state index is -0.244. The molecule has 5 heteroatoms. The van der Waals surface area contributed by atoms with Crippen molar-refractivity contribution in [3.05, 3.63) is 59.7 Å². The first-order valence-electron chi connectivity index (χ1n) is 8.60. The van der Waals surface area contributed by atoms with Crippen LogP contribution in [0.1, 0.15) is 35.7 Å². The number of nitrogens with two attached hydrogens (primary N) is 1. The molecule has 1 atom stereocenters. The summed E-state index contributed by atoms with van der Waals surface area (Å²) in [5, 5.41) is 2.89. The molecule has 0 fully saturated rings. The van der Waals surface area contributed by atoms with Gasteiger partial charge in [0.1, 0.15) is 0 Å². The molecular formula is C20H23N3O2. The van der Waals surface area contributed by atoms with Crippen LogP contribution in [-0.2, 0) is 11.2 Å². The smallest absolute Gasteiger partial charge is 0.251 e. The highest BCUT2D eigenvalue weighted by Gasteiger charge is 2.25. The van der Waals surface area contributed by atoms with Crippen LogP contribution in [-0.4, -0.2) is 24.4 Å². The second kappa shape index (κ2) is 7.38. The predicted octanol–water partition coefficient (Wildman–Crippen LogP) is 2.76. The number of nitrogens with one attached hydrogen (secondary N) is 1. The van der Waals surface area contributed by atoms with E-state index >= 15 is 0 Å². The van der Waals surface area contributed by atoms with E-state index in [-0.39, 0.29) is 24.3 Å². The molecular weight excluding hydrogens is 314 g/mol. The molecule has 130 valence electrons. The third kappa shape index (κ3) is 3.82. The van der Waals surface area contributed by atoms with Crippen LogP contribution in [0.15, 0.2) is 48.5 Å². The molecule has 1 aliphatic rings. The molecule has 0 saturated carbocycles. The summed E-state index contributed by atoms with van der Waals surface area (Å²) in [5.74, 6) is -0.156. The Labute approximate surface area is 147 Å². The summed E-state index contributed by atoms with van der Waals surface area (Å²) < 4.78 is 0. The van der Waals surface area contributed by atoms with Crippen molar-refractivity contribution in [3.8, 4) is 0 Å². The SMILES string of the molecule is CC(CC(=O)N1CCCc2c(N)cccc21)NC(=O)c1ccccc1. The van der Waals surface area contributed by atoms with Gasteiger partial charge in [-0.3, -0.25) is 9.59 Å². The number of nitrogens with zero attached hydrogens (tertiary/aromatic N) is 1. The highest BCUT2D eigenvalue weighted by Crippen LogP contribution is 2.31. The van der Waals surface area contributed by atoms with E-state index in [0.29, 0.717) is 12.1 Å². The van der Waals surface area contributed by atoms with Crippen molar-refractivity contribution in [1.82, 2.24) is 5.32 Å². The van der Waals surface area contributed by atoms with E-state index in [1.165, 1.54) is 0 Å². The lowest BCUT2D eigenvalue weighted by molar-refractivity contribution is -0.119. The monoisotopic (exact) mass is 337 g/mol. The normalized spacial score (nSPS) is 14.5. The van der Waals surface area contributed by atoms with E-state index < -0.39 is 0 Å². The molecule has 1 aliphatic heterocycles. The van der Waals surface area contributed by atoms with Crippen molar-refractivity contribution >= 4 is 23.2 Å². The van der Waals surface area contributed by atoms with Gasteiger partial charge in [0.15, 0.2) is 0 Å². The van der Waals surface area contributed by atoms with Crippen LogP contribution in [0.4, 0.5) is 11.4 Å². The standard InChI is InChI=1S/C20H23N3O2/c1-14(22-20(25)15-7-3-2-4-8-15)13-19(24)23-12-6-9-16-17(21)10-5-11-18(16)23/h2-5,7-8,10-11,14H,6,9,12-13,21H2,1H3,(H,22,25). The van der Waals surface area contributed by atoms with Gasteiger partial charge in [-0.05, 0) is 49.6 Å². The Morgan fingerprint density at radius 2 is 1.92 bits per heavy atom. The number of hydrogen-bond acceptors (Lipinski definition) is 3. The molecule has 3 N–H and O–H groups in total. The highest BCUT2D eigenvalue weighted by molar-refractivity contribution is 5.97. The fraction of sp³-hybridized carbons (Fsp3) is 0.300. The van der Waals surface area contributed by atoms with Gasteiger partial charge in [0.05, 0.1) is 0 Å². The van der Waals surface area contributed by atoms with E-state index in [1.807, 2.05) is 43.3 Å². The molecule has 5 nitrogen and oxygen atoms in total. The number of hydrogen-bond donors (Lipinski definition) is 2. The van der Waals surface area contributed by atoms with Crippen LogP contribution in [0.5, 0.6) is 0 Å². The lowest BCUT2D eigenvalue weighted by Crippen LogP contribution is -2.41. The maximum absolute atomic E-state index is 12.7. The van der Waals surface area contributed by atoms with Crippen LogP contribution in [0.3, 0.4) is 0 Å². The molecule has 3 rings (SSSR count). The summed E-state index contributed by atoms with van der Waals surface area (Å²) in [4.78, 5) is 26.7. The third-order valence-electron chi connectivity index (χ3n) is 4.48. The third-order valence-corrected chi connectivity index (χ3v) is 4.48. The number of anilines is 2. The Balaban J connectivity index is 1.65. The summed E-state index contributed by atoms with van der Waals surface area (Å²) in [7, 11) is 0. The number of carbonyl (C=O) groups excluding carboxylic acids is 2. The Hall–Kier alpha value is -2.82. The van der Waals surface area contributed by atoms with Crippen molar-refractivity contribution in [3.63, 3.8) is 0 Å². The molecule has 1 heterocycles. The van der Waals surface area contributed by atoms with Crippen molar-refractivity contribution < 1.29 is 9.59 Å². The number of nitrogen functional groups attached to an aromatic ring is 1. The lowest BCUT2D eigenvalue weighted by Gasteiger charge is -2.31. The number of fused-ring (bicyclic) bond motifs is 1. The number of carbonyl (C=O) groups is 2. The molecule has 0 radical (unpaired) electrons. The molecule has 2 aromatic carbocycles.